The molecule has 2 bridgehead atoms. The molecule has 6 unspecified atom stereocenters. The molecule has 28 heavy (non-hydrogen) atoms. The maximum absolute atomic E-state index is 12.5. The molecule has 0 saturated heterocycles. The number of carbonyl (C=O) groups excluding carboxylic acids is 2. The SMILES string of the molecule is C=C1CC2C(OC(=O)CC(=O)OC)CC3C(C)(C)CCCC3(C)C23CCC1C3. The number of ether oxygens (including phenoxy) is 2. The van der Waals surface area contributed by atoms with E-state index >= 15 is 0 Å². The Morgan fingerprint density at radius 2 is 1.89 bits per heavy atom. The molecule has 0 aromatic rings. The van der Waals surface area contributed by atoms with Crippen molar-refractivity contribution in [2.45, 2.75) is 84.7 Å². The second kappa shape index (κ2) is 6.60. The van der Waals surface area contributed by atoms with Gasteiger partial charge in [0.05, 0.1) is 7.11 Å². The Morgan fingerprint density at radius 1 is 1.14 bits per heavy atom. The molecule has 0 heterocycles. The normalized spacial score (nSPS) is 43.6. The van der Waals surface area contributed by atoms with Crippen LogP contribution in [0.4, 0.5) is 0 Å². The van der Waals surface area contributed by atoms with Crippen molar-refractivity contribution in [3.05, 3.63) is 12.2 Å². The molecule has 156 valence electrons. The summed E-state index contributed by atoms with van der Waals surface area (Å²) in [5.41, 5.74) is 2.16. The van der Waals surface area contributed by atoms with Crippen LogP contribution in [0.2, 0.25) is 0 Å². The largest absolute Gasteiger partial charge is 0.469 e. The lowest BCUT2D eigenvalue weighted by Crippen LogP contribution is -2.62. The molecule has 4 aliphatic rings. The fraction of sp³-hybridized carbons (Fsp3) is 0.833. The number of methoxy groups -OCH3 is 1. The smallest absolute Gasteiger partial charge is 0.317 e. The lowest BCUT2D eigenvalue weighted by Gasteiger charge is -2.67. The summed E-state index contributed by atoms with van der Waals surface area (Å²) in [4.78, 5) is 24.1. The first-order chi connectivity index (χ1) is 13.1. The third kappa shape index (κ3) is 2.77. The first-order valence-corrected chi connectivity index (χ1v) is 11.1. The molecule has 4 fully saturated rings. The van der Waals surface area contributed by atoms with Crippen molar-refractivity contribution in [1.29, 1.82) is 0 Å². The van der Waals surface area contributed by atoms with Gasteiger partial charge < -0.3 is 9.47 Å². The number of hydrogen-bond acceptors (Lipinski definition) is 4. The first kappa shape index (κ1) is 20.0. The van der Waals surface area contributed by atoms with Crippen LogP contribution >= 0.6 is 0 Å². The van der Waals surface area contributed by atoms with E-state index in [0.717, 1.165) is 12.8 Å². The zero-order valence-electron chi connectivity index (χ0n) is 18.0. The Kier molecular flexibility index (Phi) is 4.71. The molecule has 4 aliphatic carbocycles. The summed E-state index contributed by atoms with van der Waals surface area (Å²) >= 11 is 0. The first-order valence-electron chi connectivity index (χ1n) is 11.1. The van der Waals surface area contributed by atoms with Crippen LogP contribution < -0.4 is 0 Å². The fourth-order valence-electron chi connectivity index (χ4n) is 8.06. The van der Waals surface area contributed by atoms with Crippen LogP contribution in [0.3, 0.4) is 0 Å². The maximum Gasteiger partial charge on any atom is 0.317 e. The lowest BCUT2D eigenvalue weighted by atomic mass is 9.38. The molecule has 0 aliphatic heterocycles. The number of fused-ring (bicyclic) bond motifs is 2. The maximum atomic E-state index is 12.5. The molecule has 4 nitrogen and oxygen atoms in total. The minimum atomic E-state index is -0.521. The summed E-state index contributed by atoms with van der Waals surface area (Å²) in [5.74, 6) is 0.576. The van der Waals surface area contributed by atoms with Crippen molar-refractivity contribution in [3.8, 4) is 0 Å². The predicted molar refractivity (Wildman–Crippen MR) is 107 cm³/mol. The van der Waals surface area contributed by atoms with Gasteiger partial charge in [-0.2, -0.15) is 0 Å². The van der Waals surface area contributed by atoms with Crippen LogP contribution in [0.1, 0.15) is 78.6 Å². The van der Waals surface area contributed by atoms with Crippen molar-refractivity contribution < 1.29 is 19.1 Å². The third-order valence-electron chi connectivity index (χ3n) is 9.40. The van der Waals surface area contributed by atoms with Gasteiger partial charge in [0.15, 0.2) is 0 Å². The van der Waals surface area contributed by atoms with Gasteiger partial charge in [-0.15, -0.1) is 0 Å². The van der Waals surface area contributed by atoms with Crippen molar-refractivity contribution in [2.75, 3.05) is 7.11 Å². The van der Waals surface area contributed by atoms with E-state index < -0.39 is 11.9 Å². The summed E-state index contributed by atoms with van der Waals surface area (Å²) in [6, 6.07) is 0. The summed E-state index contributed by atoms with van der Waals surface area (Å²) < 4.78 is 10.7. The van der Waals surface area contributed by atoms with Gasteiger partial charge in [0.25, 0.3) is 0 Å². The topological polar surface area (TPSA) is 52.6 Å². The monoisotopic (exact) mass is 388 g/mol. The quantitative estimate of drug-likeness (QED) is 0.385. The molecule has 4 saturated carbocycles. The van der Waals surface area contributed by atoms with Crippen LogP contribution in [0, 0.1) is 34.0 Å². The van der Waals surface area contributed by atoms with E-state index in [4.69, 9.17) is 4.74 Å². The highest BCUT2D eigenvalue weighted by Crippen LogP contribution is 2.74. The van der Waals surface area contributed by atoms with Crippen molar-refractivity contribution in [3.63, 3.8) is 0 Å². The molecule has 0 amide bonds. The van der Waals surface area contributed by atoms with Crippen molar-refractivity contribution in [1.82, 2.24) is 0 Å². The van der Waals surface area contributed by atoms with Gasteiger partial charge in [0, 0.05) is 5.92 Å². The van der Waals surface area contributed by atoms with Gasteiger partial charge in [-0.25, -0.2) is 0 Å². The average molecular weight is 389 g/mol. The van der Waals surface area contributed by atoms with E-state index in [-0.39, 0.29) is 23.4 Å². The van der Waals surface area contributed by atoms with Gasteiger partial charge >= 0.3 is 11.9 Å². The highest BCUT2D eigenvalue weighted by atomic mass is 16.6. The number of rotatable bonds is 3. The van der Waals surface area contributed by atoms with Crippen LogP contribution in [0.5, 0.6) is 0 Å². The molecule has 4 heteroatoms. The second-order valence-electron chi connectivity index (χ2n) is 10.9. The van der Waals surface area contributed by atoms with Crippen LogP contribution in [-0.4, -0.2) is 25.2 Å². The predicted octanol–water partition coefficient (Wildman–Crippen LogP) is 5.06. The molecule has 0 aromatic carbocycles. The molecule has 0 radical (unpaired) electrons. The van der Waals surface area contributed by atoms with Crippen LogP contribution in [0.15, 0.2) is 12.2 Å². The van der Waals surface area contributed by atoms with Crippen LogP contribution in [0.25, 0.3) is 0 Å². The number of allylic oxidation sites excluding steroid dienone is 1. The number of hydrogen-bond donors (Lipinski definition) is 0. The third-order valence-corrected chi connectivity index (χ3v) is 9.40. The lowest BCUT2D eigenvalue weighted by molar-refractivity contribution is -0.214. The second-order valence-corrected chi connectivity index (χ2v) is 10.9. The Balaban J connectivity index is 1.69. The molecule has 6 atom stereocenters. The zero-order valence-corrected chi connectivity index (χ0v) is 18.0. The van der Waals surface area contributed by atoms with E-state index in [1.807, 2.05) is 0 Å². The van der Waals surface area contributed by atoms with E-state index in [2.05, 4.69) is 32.1 Å². The average Bonchev–Trinajstić information content (AvgIpc) is 3.01. The molecule has 1 spiro atoms. The minimum Gasteiger partial charge on any atom is -0.469 e. The molecule has 0 N–H and O–H groups in total. The summed E-state index contributed by atoms with van der Waals surface area (Å²) in [6.07, 6.45) is 9.01. The van der Waals surface area contributed by atoms with Gasteiger partial charge in [-0.05, 0) is 73.0 Å². The Bertz CT molecular complexity index is 695. The summed E-state index contributed by atoms with van der Waals surface area (Å²) in [6.45, 7) is 11.8. The Labute approximate surface area is 169 Å². The number of carbonyl (C=O) groups is 2. The fourth-order valence-corrected chi connectivity index (χ4v) is 8.06. The summed E-state index contributed by atoms with van der Waals surface area (Å²) in [7, 11) is 1.31. The van der Waals surface area contributed by atoms with Crippen molar-refractivity contribution >= 4 is 11.9 Å². The molecular formula is C24H36O4. The van der Waals surface area contributed by atoms with Crippen molar-refractivity contribution in [2.24, 2.45) is 34.0 Å². The van der Waals surface area contributed by atoms with E-state index in [9.17, 15) is 9.59 Å². The number of esters is 2. The Hall–Kier alpha value is -1.32. The summed E-state index contributed by atoms with van der Waals surface area (Å²) in [5, 5.41) is 0. The van der Waals surface area contributed by atoms with E-state index in [0.29, 0.717) is 23.2 Å². The Morgan fingerprint density at radius 3 is 2.61 bits per heavy atom. The standard InChI is InChI=1S/C24H36O4/c1-15-11-17-18(28-21(26)13-20(25)27-5)12-19-22(2,3)8-6-9-23(19,4)24(17)10-7-16(15)14-24/h16-19H,1,6-14H2,2-5H3. The van der Waals surface area contributed by atoms with Gasteiger partial charge in [0.1, 0.15) is 12.5 Å². The van der Waals surface area contributed by atoms with Gasteiger partial charge in [-0.1, -0.05) is 39.3 Å². The zero-order chi connectivity index (χ0) is 20.3. The van der Waals surface area contributed by atoms with Gasteiger partial charge in [0.2, 0.25) is 0 Å². The van der Waals surface area contributed by atoms with E-state index in [1.54, 1.807) is 0 Å². The highest BCUT2D eigenvalue weighted by Gasteiger charge is 2.68. The van der Waals surface area contributed by atoms with Gasteiger partial charge in [-0.3, -0.25) is 9.59 Å². The highest BCUT2D eigenvalue weighted by molar-refractivity contribution is 5.91. The van der Waals surface area contributed by atoms with Crippen LogP contribution in [-0.2, 0) is 19.1 Å². The minimum absolute atomic E-state index is 0.108. The molecule has 0 aromatic heterocycles. The molecular weight excluding hydrogens is 352 g/mol. The van der Waals surface area contributed by atoms with E-state index in [1.165, 1.54) is 51.2 Å². The molecule has 4 rings (SSSR count).